The molecule has 2 N–H and O–H groups in total. The molecule has 0 aliphatic carbocycles. The zero-order valence-electron chi connectivity index (χ0n) is 18.7. The first-order valence-corrected chi connectivity index (χ1v) is 11.7. The summed E-state index contributed by atoms with van der Waals surface area (Å²) in [6.45, 7) is 4.28. The molecular weight excluding hydrogens is 416 g/mol. The molecule has 0 bridgehead atoms. The minimum atomic E-state index is -0.266. The van der Waals surface area contributed by atoms with E-state index < -0.39 is 0 Å². The maximum atomic E-state index is 12.8. The average Bonchev–Trinajstić information content (AvgIpc) is 3.50. The molecule has 1 atom stereocenters. The molecule has 3 aromatic rings. The molecule has 8 heteroatoms. The van der Waals surface area contributed by atoms with Crippen LogP contribution in [-0.2, 0) is 17.8 Å². The minimum absolute atomic E-state index is 0.0465. The van der Waals surface area contributed by atoms with E-state index in [2.05, 4.69) is 20.3 Å². The Morgan fingerprint density at radius 2 is 2.00 bits per heavy atom. The van der Waals surface area contributed by atoms with E-state index in [1.165, 1.54) is 19.2 Å². The molecule has 0 spiro atoms. The van der Waals surface area contributed by atoms with Crippen molar-refractivity contribution in [1.29, 1.82) is 0 Å². The van der Waals surface area contributed by atoms with Crippen molar-refractivity contribution < 1.29 is 9.90 Å². The Labute approximate surface area is 193 Å². The number of hydrogen-bond donors (Lipinski definition) is 2. The number of aliphatic hydroxyl groups is 1. The zero-order chi connectivity index (χ0) is 22.6. The third-order valence-electron chi connectivity index (χ3n) is 6.59. The molecule has 1 saturated heterocycles. The molecule has 0 saturated carbocycles. The average molecular weight is 447 g/mol. The second-order valence-electron chi connectivity index (χ2n) is 8.74. The summed E-state index contributed by atoms with van der Waals surface area (Å²) in [5, 5.41) is 17.8. The van der Waals surface area contributed by atoms with Crippen molar-refractivity contribution in [3.05, 3.63) is 71.7 Å². The van der Waals surface area contributed by atoms with E-state index in [9.17, 15) is 9.90 Å². The van der Waals surface area contributed by atoms with Gasteiger partial charge in [-0.1, -0.05) is 36.4 Å². The van der Waals surface area contributed by atoms with Crippen molar-refractivity contribution in [2.24, 2.45) is 0 Å². The smallest absolute Gasteiger partial charge is 0.246 e. The van der Waals surface area contributed by atoms with Crippen LogP contribution in [0.3, 0.4) is 0 Å². The first-order valence-electron chi connectivity index (χ1n) is 11.7. The van der Waals surface area contributed by atoms with E-state index in [1.54, 1.807) is 6.08 Å². The van der Waals surface area contributed by atoms with Gasteiger partial charge < -0.3 is 15.3 Å². The Hall–Kier alpha value is -3.23. The van der Waals surface area contributed by atoms with Crippen molar-refractivity contribution in [2.75, 3.05) is 38.1 Å². The van der Waals surface area contributed by atoms with Gasteiger partial charge in [0, 0.05) is 31.9 Å². The van der Waals surface area contributed by atoms with E-state index >= 15 is 0 Å². The molecule has 1 aromatic carbocycles. The summed E-state index contributed by atoms with van der Waals surface area (Å²) in [6, 6.07) is 9.58. The minimum Gasteiger partial charge on any atom is -0.394 e. The molecule has 2 aromatic heterocycles. The van der Waals surface area contributed by atoms with Gasteiger partial charge in [-0.15, -0.1) is 0 Å². The molecule has 2 aliphatic heterocycles. The summed E-state index contributed by atoms with van der Waals surface area (Å²) in [4.78, 5) is 21.5. The summed E-state index contributed by atoms with van der Waals surface area (Å²) in [5.41, 5.74) is 4.16. The number of carbonyl (C=O) groups excluding carboxylic acids is 1. The maximum Gasteiger partial charge on any atom is 0.246 e. The van der Waals surface area contributed by atoms with E-state index in [0.717, 1.165) is 48.3 Å². The van der Waals surface area contributed by atoms with Crippen LogP contribution >= 0.6 is 0 Å². The van der Waals surface area contributed by atoms with E-state index in [1.807, 2.05) is 52.0 Å². The number of rotatable bonds is 7. The van der Waals surface area contributed by atoms with Gasteiger partial charge in [0.1, 0.15) is 11.8 Å². The molecule has 2 aliphatic rings. The summed E-state index contributed by atoms with van der Waals surface area (Å²) < 4.78 is 1.83. The number of hydrogen-bond acceptors (Lipinski definition) is 6. The van der Waals surface area contributed by atoms with Crippen LogP contribution in [0.15, 0.2) is 55.0 Å². The normalized spacial score (nSPS) is 17.5. The molecule has 33 heavy (non-hydrogen) atoms. The first kappa shape index (κ1) is 21.6. The van der Waals surface area contributed by atoms with Crippen LogP contribution in [-0.4, -0.2) is 68.2 Å². The van der Waals surface area contributed by atoms with Crippen molar-refractivity contribution in [1.82, 2.24) is 24.4 Å². The molecule has 1 fully saturated rings. The van der Waals surface area contributed by atoms with Gasteiger partial charge in [0.15, 0.2) is 5.82 Å². The number of benzene rings is 1. The van der Waals surface area contributed by atoms with Gasteiger partial charge in [-0.2, -0.15) is 5.10 Å². The standard InChI is InChI=1S/C25H30N6O2/c32-17-22(19-7-2-1-3-8-19)28-25-24-21-10-14-30(15-20(21)16-31(24)27-18-26-25)23(33)9-6-13-29-11-4-5-12-29/h1-3,6-9,16,18,22,32H,4-5,10-15,17H2,(H,26,27,28)/b9-6+/t22-/m1/s1. The zero-order valence-corrected chi connectivity index (χ0v) is 18.7. The van der Waals surface area contributed by atoms with E-state index in [4.69, 9.17) is 0 Å². The highest BCUT2D eigenvalue weighted by molar-refractivity contribution is 5.88. The number of carbonyl (C=O) groups is 1. The topological polar surface area (TPSA) is 86.0 Å². The number of nitrogens with one attached hydrogen (secondary N) is 1. The highest BCUT2D eigenvalue weighted by Crippen LogP contribution is 2.30. The van der Waals surface area contributed by atoms with Crippen LogP contribution in [0.2, 0.25) is 0 Å². The number of aliphatic hydroxyl groups excluding tert-OH is 1. The second kappa shape index (κ2) is 9.72. The third kappa shape index (κ3) is 4.62. The van der Waals surface area contributed by atoms with Crippen LogP contribution in [0.4, 0.5) is 5.82 Å². The van der Waals surface area contributed by atoms with Gasteiger partial charge in [0.25, 0.3) is 0 Å². The molecule has 4 heterocycles. The lowest BCUT2D eigenvalue weighted by Crippen LogP contribution is -2.34. The SMILES string of the molecule is O=C(/C=C/CN1CCCC1)N1CCc2c(cn3ncnc(N[C@H](CO)c4ccccc4)c23)C1. The van der Waals surface area contributed by atoms with Gasteiger partial charge in [-0.05, 0) is 49.0 Å². The van der Waals surface area contributed by atoms with Crippen molar-refractivity contribution in [3.8, 4) is 0 Å². The van der Waals surface area contributed by atoms with Crippen molar-refractivity contribution in [3.63, 3.8) is 0 Å². The summed E-state index contributed by atoms with van der Waals surface area (Å²) in [6.07, 6.45) is 10.5. The first-order chi connectivity index (χ1) is 16.2. The molecular formula is C25H30N6O2. The number of fused-ring (bicyclic) bond motifs is 3. The van der Waals surface area contributed by atoms with Crippen molar-refractivity contribution in [2.45, 2.75) is 31.8 Å². The van der Waals surface area contributed by atoms with E-state index in [0.29, 0.717) is 18.9 Å². The summed E-state index contributed by atoms with van der Waals surface area (Å²) >= 11 is 0. The Kier molecular flexibility index (Phi) is 6.37. The molecule has 8 nitrogen and oxygen atoms in total. The number of nitrogens with zero attached hydrogens (tertiary/aromatic N) is 5. The van der Waals surface area contributed by atoms with Crippen LogP contribution in [0.5, 0.6) is 0 Å². The van der Waals surface area contributed by atoms with Crippen LogP contribution in [0, 0.1) is 0 Å². The van der Waals surface area contributed by atoms with Crippen LogP contribution in [0.1, 0.15) is 35.6 Å². The summed E-state index contributed by atoms with van der Waals surface area (Å²) in [5.74, 6) is 0.753. The van der Waals surface area contributed by atoms with Gasteiger partial charge in [0.05, 0.1) is 12.6 Å². The fourth-order valence-electron chi connectivity index (χ4n) is 4.82. The van der Waals surface area contributed by atoms with Crippen LogP contribution < -0.4 is 5.32 Å². The Morgan fingerprint density at radius 1 is 1.18 bits per heavy atom. The molecule has 1 amide bonds. The lowest BCUT2D eigenvalue weighted by atomic mass is 10.0. The predicted octanol–water partition coefficient (Wildman–Crippen LogP) is 2.41. The quantitative estimate of drug-likeness (QED) is 0.542. The number of likely N-dealkylation sites (tertiary alicyclic amines) is 1. The highest BCUT2D eigenvalue weighted by atomic mass is 16.3. The Bertz CT molecular complexity index is 1140. The van der Waals surface area contributed by atoms with Crippen LogP contribution in [0.25, 0.3) is 5.52 Å². The third-order valence-corrected chi connectivity index (χ3v) is 6.59. The number of amides is 1. The Morgan fingerprint density at radius 3 is 2.79 bits per heavy atom. The van der Waals surface area contributed by atoms with Gasteiger partial charge in [0.2, 0.25) is 5.91 Å². The Balaban J connectivity index is 1.33. The predicted molar refractivity (Wildman–Crippen MR) is 127 cm³/mol. The number of aromatic nitrogens is 3. The van der Waals surface area contributed by atoms with Gasteiger partial charge in [-0.3, -0.25) is 9.69 Å². The maximum absolute atomic E-state index is 12.8. The lowest BCUT2D eigenvalue weighted by molar-refractivity contribution is -0.126. The fourth-order valence-corrected chi connectivity index (χ4v) is 4.82. The fraction of sp³-hybridized carbons (Fsp3) is 0.400. The largest absolute Gasteiger partial charge is 0.394 e. The number of anilines is 1. The molecule has 0 unspecified atom stereocenters. The summed E-state index contributed by atoms with van der Waals surface area (Å²) in [7, 11) is 0. The molecule has 0 radical (unpaired) electrons. The monoisotopic (exact) mass is 446 g/mol. The van der Waals surface area contributed by atoms with Crippen molar-refractivity contribution >= 4 is 17.2 Å². The van der Waals surface area contributed by atoms with E-state index in [-0.39, 0.29) is 18.6 Å². The second-order valence-corrected chi connectivity index (χ2v) is 8.74. The molecule has 172 valence electrons. The molecule has 5 rings (SSSR count). The van der Waals surface area contributed by atoms with Gasteiger partial charge >= 0.3 is 0 Å². The lowest BCUT2D eigenvalue weighted by Gasteiger charge is -2.26. The highest BCUT2D eigenvalue weighted by Gasteiger charge is 2.25. The van der Waals surface area contributed by atoms with Gasteiger partial charge in [-0.25, -0.2) is 9.50 Å².